The fraction of sp³-hybridized carbons (Fsp3) is 0.143. The number of fused-ring (bicyclic) bond motifs is 1. The molecule has 3 aromatic heterocycles. The van der Waals surface area contributed by atoms with Gasteiger partial charge < -0.3 is 10.1 Å². The van der Waals surface area contributed by atoms with Gasteiger partial charge in [-0.2, -0.15) is 13.2 Å². The number of hydrogen-bond donors (Lipinski definition) is 1. The van der Waals surface area contributed by atoms with E-state index in [1.165, 1.54) is 25.4 Å². The van der Waals surface area contributed by atoms with Crippen molar-refractivity contribution >= 4 is 34.1 Å². The molecule has 0 aliphatic rings. The van der Waals surface area contributed by atoms with Crippen molar-refractivity contribution in [1.29, 1.82) is 0 Å². The SMILES string of the molecule is COCc1nc(Nc2ccc(Cl)cc2)c2ccc(-c3ncccc3C(F)(F)F)nc2n1. The molecule has 1 N–H and O–H groups in total. The molecule has 3 heterocycles. The summed E-state index contributed by atoms with van der Waals surface area (Å²) in [7, 11) is 1.49. The normalized spacial score (nSPS) is 11.6. The number of rotatable bonds is 5. The lowest BCUT2D eigenvalue weighted by molar-refractivity contribution is -0.137. The second kappa shape index (κ2) is 8.44. The van der Waals surface area contributed by atoms with Gasteiger partial charge in [-0.05, 0) is 48.5 Å². The first kappa shape index (κ1) is 21.0. The van der Waals surface area contributed by atoms with Crippen LogP contribution < -0.4 is 5.32 Å². The van der Waals surface area contributed by atoms with E-state index in [-0.39, 0.29) is 23.6 Å². The summed E-state index contributed by atoms with van der Waals surface area (Å²) >= 11 is 5.93. The van der Waals surface area contributed by atoms with Crippen LogP contribution in [0.15, 0.2) is 54.7 Å². The molecule has 0 atom stereocenters. The largest absolute Gasteiger partial charge is 0.418 e. The lowest BCUT2D eigenvalue weighted by Crippen LogP contribution is -2.09. The van der Waals surface area contributed by atoms with Crippen LogP contribution in [0.5, 0.6) is 0 Å². The molecule has 0 amide bonds. The Labute approximate surface area is 180 Å². The third-order valence-electron chi connectivity index (χ3n) is 4.34. The van der Waals surface area contributed by atoms with Crippen molar-refractivity contribution in [3.8, 4) is 11.4 Å². The van der Waals surface area contributed by atoms with E-state index in [0.29, 0.717) is 22.1 Å². The van der Waals surface area contributed by atoms with Crippen LogP contribution in [-0.4, -0.2) is 27.0 Å². The topological polar surface area (TPSA) is 72.8 Å². The van der Waals surface area contributed by atoms with Crippen LogP contribution in [0, 0.1) is 0 Å². The summed E-state index contributed by atoms with van der Waals surface area (Å²) in [6.45, 7) is 0.106. The number of nitrogens with one attached hydrogen (secondary N) is 1. The Kier molecular flexibility index (Phi) is 5.71. The predicted octanol–water partition coefficient (Wildman–Crippen LogP) is 5.65. The van der Waals surface area contributed by atoms with Crippen LogP contribution >= 0.6 is 11.6 Å². The average Bonchev–Trinajstić information content (AvgIpc) is 2.74. The van der Waals surface area contributed by atoms with Gasteiger partial charge >= 0.3 is 6.18 Å². The molecule has 0 unspecified atom stereocenters. The number of methoxy groups -OCH3 is 1. The maximum Gasteiger partial charge on any atom is 0.418 e. The van der Waals surface area contributed by atoms with Crippen molar-refractivity contribution in [2.75, 3.05) is 12.4 Å². The molecule has 31 heavy (non-hydrogen) atoms. The third kappa shape index (κ3) is 4.57. The number of pyridine rings is 2. The Bertz CT molecular complexity index is 1230. The third-order valence-corrected chi connectivity index (χ3v) is 4.59. The fourth-order valence-electron chi connectivity index (χ4n) is 2.98. The van der Waals surface area contributed by atoms with E-state index in [2.05, 4.69) is 25.3 Å². The van der Waals surface area contributed by atoms with Crippen LogP contribution in [0.4, 0.5) is 24.7 Å². The molecule has 0 aliphatic carbocycles. The van der Waals surface area contributed by atoms with Gasteiger partial charge in [0, 0.05) is 24.0 Å². The predicted molar refractivity (Wildman–Crippen MR) is 111 cm³/mol. The molecule has 1 aromatic carbocycles. The highest BCUT2D eigenvalue weighted by atomic mass is 35.5. The maximum atomic E-state index is 13.4. The zero-order valence-electron chi connectivity index (χ0n) is 16.1. The summed E-state index contributed by atoms with van der Waals surface area (Å²) in [4.78, 5) is 17.0. The van der Waals surface area contributed by atoms with E-state index in [0.717, 1.165) is 11.8 Å². The summed E-state index contributed by atoms with van der Waals surface area (Å²) < 4.78 is 45.4. The van der Waals surface area contributed by atoms with Crippen LogP contribution in [0.2, 0.25) is 5.02 Å². The Morgan fingerprint density at radius 1 is 1.00 bits per heavy atom. The van der Waals surface area contributed by atoms with Crippen molar-refractivity contribution in [2.45, 2.75) is 12.8 Å². The zero-order chi connectivity index (χ0) is 22.0. The molecule has 6 nitrogen and oxygen atoms in total. The highest BCUT2D eigenvalue weighted by Crippen LogP contribution is 2.36. The Morgan fingerprint density at radius 2 is 1.77 bits per heavy atom. The smallest absolute Gasteiger partial charge is 0.377 e. The summed E-state index contributed by atoms with van der Waals surface area (Å²) in [5.74, 6) is 0.767. The standard InChI is InChI=1S/C21H15ClF3N5O/c1-31-11-17-29-19(27-13-6-4-12(22)5-7-13)14-8-9-16(28-20(14)30-17)18-15(21(23,24)25)3-2-10-26-18/h2-10H,11H2,1H3,(H,27,28,29,30). The Balaban J connectivity index is 1.84. The van der Waals surface area contributed by atoms with E-state index in [9.17, 15) is 13.2 Å². The van der Waals surface area contributed by atoms with Gasteiger partial charge in [0.1, 0.15) is 18.1 Å². The van der Waals surface area contributed by atoms with Gasteiger partial charge in [-0.25, -0.2) is 15.0 Å². The number of nitrogens with zero attached hydrogens (tertiary/aromatic N) is 4. The lowest BCUT2D eigenvalue weighted by atomic mass is 10.1. The lowest BCUT2D eigenvalue weighted by Gasteiger charge is -2.13. The average molecular weight is 446 g/mol. The van der Waals surface area contributed by atoms with Gasteiger partial charge in [0.25, 0.3) is 0 Å². The maximum absolute atomic E-state index is 13.4. The Morgan fingerprint density at radius 3 is 2.48 bits per heavy atom. The first-order valence-corrected chi connectivity index (χ1v) is 9.45. The van der Waals surface area contributed by atoms with Crippen molar-refractivity contribution in [2.24, 2.45) is 0 Å². The number of ether oxygens (including phenoxy) is 1. The molecular weight excluding hydrogens is 431 g/mol. The van der Waals surface area contributed by atoms with Crippen LogP contribution in [0.25, 0.3) is 22.4 Å². The molecule has 0 aliphatic heterocycles. The molecular formula is C21H15ClF3N5O. The molecule has 10 heteroatoms. The molecule has 0 bridgehead atoms. The Hall–Kier alpha value is -3.30. The summed E-state index contributed by atoms with van der Waals surface area (Å²) in [6.07, 6.45) is -3.27. The molecule has 0 saturated carbocycles. The quantitative estimate of drug-likeness (QED) is 0.428. The highest BCUT2D eigenvalue weighted by molar-refractivity contribution is 6.30. The molecule has 4 aromatic rings. The summed E-state index contributed by atoms with van der Waals surface area (Å²) in [6, 6.07) is 12.3. The first-order valence-electron chi connectivity index (χ1n) is 9.07. The van der Waals surface area contributed by atoms with Crippen molar-refractivity contribution < 1.29 is 17.9 Å². The van der Waals surface area contributed by atoms with E-state index in [4.69, 9.17) is 16.3 Å². The number of benzene rings is 1. The second-order valence-electron chi connectivity index (χ2n) is 6.52. The van der Waals surface area contributed by atoms with Gasteiger partial charge in [-0.15, -0.1) is 0 Å². The molecule has 0 spiro atoms. The van der Waals surface area contributed by atoms with Crippen LogP contribution in [-0.2, 0) is 17.5 Å². The van der Waals surface area contributed by atoms with Crippen molar-refractivity contribution in [3.05, 3.63) is 71.1 Å². The molecule has 0 fully saturated rings. The summed E-state index contributed by atoms with van der Waals surface area (Å²) in [5.41, 5.74) is -0.140. The molecule has 0 saturated heterocycles. The number of alkyl halides is 3. The van der Waals surface area contributed by atoms with E-state index in [1.807, 2.05) is 0 Å². The number of halogens is 4. The highest BCUT2D eigenvalue weighted by Gasteiger charge is 2.34. The second-order valence-corrected chi connectivity index (χ2v) is 6.95. The van der Waals surface area contributed by atoms with Gasteiger partial charge in [-0.3, -0.25) is 4.98 Å². The van der Waals surface area contributed by atoms with E-state index >= 15 is 0 Å². The fourth-order valence-corrected chi connectivity index (χ4v) is 3.11. The minimum Gasteiger partial charge on any atom is -0.377 e. The van der Waals surface area contributed by atoms with Crippen LogP contribution in [0.3, 0.4) is 0 Å². The van der Waals surface area contributed by atoms with Gasteiger partial charge in [0.15, 0.2) is 11.5 Å². The zero-order valence-corrected chi connectivity index (χ0v) is 16.9. The monoisotopic (exact) mass is 445 g/mol. The summed E-state index contributed by atoms with van der Waals surface area (Å²) in [5, 5.41) is 4.28. The minimum atomic E-state index is -4.56. The number of anilines is 2. The van der Waals surface area contributed by atoms with Gasteiger partial charge in [-0.1, -0.05) is 11.6 Å². The number of hydrogen-bond acceptors (Lipinski definition) is 6. The van der Waals surface area contributed by atoms with E-state index in [1.54, 1.807) is 30.3 Å². The molecule has 4 rings (SSSR count). The number of aromatic nitrogens is 4. The molecule has 0 radical (unpaired) electrons. The molecule has 158 valence electrons. The van der Waals surface area contributed by atoms with Gasteiger partial charge in [0.2, 0.25) is 0 Å². The van der Waals surface area contributed by atoms with Crippen molar-refractivity contribution in [3.63, 3.8) is 0 Å². The van der Waals surface area contributed by atoms with Gasteiger partial charge in [0.05, 0.1) is 16.6 Å². The van der Waals surface area contributed by atoms with Crippen molar-refractivity contribution in [1.82, 2.24) is 19.9 Å². The minimum absolute atomic E-state index is 0.0555. The van der Waals surface area contributed by atoms with E-state index < -0.39 is 11.7 Å². The van der Waals surface area contributed by atoms with Crippen LogP contribution in [0.1, 0.15) is 11.4 Å². The first-order chi connectivity index (χ1) is 14.8.